The third kappa shape index (κ3) is 2.33. The van der Waals surface area contributed by atoms with Crippen LogP contribution in [0.2, 0.25) is 5.02 Å². The Kier molecular flexibility index (Phi) is 3.81. The van der Waals surface area contributed by atoms with Gasteiger partial charge in [0.1, 0.15) is 11.6 Å². The van der Waals surface area contributed by atoms with Crippen LogP contribution in [0, 0.1) is 0 Å². The molecule has 0 radical (unpaired) electrons. The molecule has 1 aromatic heterocycles. The number of hydrogen-bond donors (Lipinski definition) is 1. The number of nitrogens with one attached hydrogen (secondary N) is 1. The molecule has 6 heteroatoms. The number of H-pyrrole nitrogens is 1. The number of halogens is 1. The van der Waals surface area contributed by atoms with Gasteiger partial charge in [-0.1, -0.05) is 11.6 Å². The first-order valence-electron chi connectivity index (χ1n) is 6.62. The predicted molar refractivity (Wildman–Crippen MR) is 86.2 cm³/mol. The molecule has 0 saturated carbocycles. The number of aromatic amines is 1. The molecule has 1 N–H and O–H groups in total. The van der Waals surface area contributed by atoms with E-state index in [1.165, 1.54) is 0 Å². The van der Waals surface area contributed by atoms with Gasteiger partial charge in [-0.15, -0.1) is 0 Å². The molecular weight excluding hydrogens is 304 g/mol. The summed E-state index contributed by atoms with van der Waals surface area (Å²) in [6.07, 6.45) is 0. The number of fused-ring (bicyclic) bond motifs is 1. The van der Waals surface area contributed by atoms with Crippen molar-refractivity contribution < 1.29 is 14.2 Å². The molecule has 0 spiro atoms. The quantitative estimate of drug-likeness (QED) is 0.792. The molecule has 0 aliphatic rings. The van der Waals surface area contributed by atoms with Crippen molar-refractivity contribution in [1.29, 1.82) is 0 Å². The number of aromatic nitrogens is 2. The highest BCUT2D eigenvalue weighted by Gasteiger charge is 2.17. The summed E-state index contributed by atoms with van der Waals surface area (Å²) in [5.41, 5.74) is 2.45. The fourth-order valence-corrected chi connectivity index (χ4v) is 2.64. The highest BCUT2D eigenvalue weighted by atomic mass is 35.5. The number of methoxy groups -OCH3 is 3. The number of hydrogen-bond acceptors (Lipinski definition) is 4. The molecule has 5 nitrogen and oxygen atoms in total. The van der Waals surface area contributed by atoms with E-state index in [4.69, 9.17) is 25.8 Å². The van der Waals surface area contributed by atoms with Crippen molar-refractivity contribution in [2.75, 3.05) is 21.3 Å². The summed E-state index contributed by atoms with van der Waals surface area (Å²) in [6.45, 7) is 0. The Morgan fingerprint density at radius 2 is 1.82 bits per heavy atom. The molecule has 2 aromatic carbocycles. The van der Waals surface area contributed by atoms with Gasteiger partial charge < -0.3 is 19.2 Å². The van der Waals surface area contributed by atoms with E-state index in [0.717, 1.165) is 22.3 Å². The van der Waals surface area contributed by atoms with Crippen LogP contribution in [0.3, 0.4) is 0 Å². The SMILES string of the molecule is COc1ccc2nc(-c3ccc(OC)c(OC)c3Cl)[nH]c2c1. The van der Waals surface area contributed by atoms with Crippen LogP contribution in [-0.2, 0) is 0 Å². The summed E-state index contributed by atoms with van der Waals surface area (Å²) in [4.78, 5) is 7.80. The lowest BCUT2D eigenvalue weighted by Crippen LogP contribution is -1.93. The van der Waals surface area contributed by atoms with Gasteiger partial charge in [-0.2, -0.15) is 0 Å². The third-order valence-electron chi connectivity index (χ3n) is 3.43. The maximum absolute atomic E-state index is 6.42. The lowest BCUT2D eigenvalue weighted by molar-refractivity contribution is 0.355. The van der Waals surface area contributed by atoms with Crippen LogP contribution in [0.15, 0.2) is 30.3 Å². The average Bonchev–Trinajstić information content (AvgIpc) is 2.96. The molecule has 1 heterocycles. The van der Waals surface area contributed by atoms with Crippen LogP contribution in [0.1, 0.15) is 0 Å². The number of imidazole rings is 1. The van der Waals surface area contributed by atoms with E-state index in [9.17, 15) is 0 Å². The monoisotopic (exact) mass is 318 g/mol. The summed E-state index contributed by atoms with van der Waals surface area (Å²) in [5.74, 6) is 2.49. The molecule has 22 heavy (non-hydrogen) atoms. The molecule has 0 bridgehead atoms. The largest absolute Gasteiger partial charge is 0.497 e. The van der Waals surface area contributed by atoms with Crippen LogP contribution < -0.4 is 14.2 Å². The zero-order chi connectivity index (χ0) is 15.7. The molecule has 0 unspecified atom stereocenters. The minimum atomic E-state index is 0.452. The van der Waals surface area contributed by atoms with Gasteiger partial charge in [0.15, 0.2) is 11.5 Å². The lowest BCUT2D eigenvalue weighted by atomic mass is 10.2. The van der Waals surface area contributed by atoms with Crippen molar-refractivity contribution in [2.24, 2.45) is 0 Å². The molecule has 0 fully saturated rings. The molecule has 0 saturated heterocycles. The van der Waals surface area contributed by atoms with Crippen LogP contribution >= 0.6 is 11.6 Å². The number of rotatable bonds is 4. The van der Waals surface area contributed by atoms with Crippen molar-refractivity contribution in [3.05, 3.63) is 35.4 Å². The Morgan fingerprint density at radius 1 is 1.00 bits per heavy atom. The first-order valence-corrected chi connectivity index (χ1v) is 7.00. The fraction of sp³-hybridized carbons (Fsp3) is 0.188. The van der Waals surface area contributed by atoms with Gasteiger partial charge in [0.2, 0.25) is 0 Å². The van der Waals surface area contributed by atoms with Gasteiger partial charge in [0.25, 0.3) is 0 Å². The normalized spacial score (nSPS) is 10.7. The van der Waals surface area contributed by atoms with Crippen molar-refractivity contribution in [2.45, 2.75) is 0 Å². The predicted octanol–water partition coefficient (Wildman–Crippen LogP) is 3.91. The Hall–Kier alpha value is -2.40. The Morgan fingerprint density at radius 3 is 2.50 bits per heavy atom. The van der Waals surface area contributed by atoms with Crippen molar-refractivity contribution in [3.63, 3.8) is 0 Å². The Labute approximate surface area is 132 Å². The minimum Gasteiger partial charge on any atom is -0.497 e. The summed E-state index contributed by atoms with van der Waals surface area (Å²) in [7, 11) is 4.75. The van der Waals surface area contributed by atoms with E-state index < -0.39 is 0 Å². The fourth-order valence-electron chi connectivity index (χ4n) is 2.32. The van der Waals surface area contributed by atoms with Crippen molar-refractivity contribution in [1.82, 2.24) is 9.97 Å². The summed E-state index contributed by atoms with van der Waals surface area (Å²) in [6, 6.07) is 9.29. The van der Waals surface area contributed by atoms with Crippen molar-refractivity contribution >= 4 is 22.6 Å². The molecular formula is C16H15ClN2O3. The Bertz CT molecular complexity index is 830. The first-order chi connectivity index (χ1) is 10.7. The van der Waals surface area contributed by atoms with Crippen LogP contribution in [-0.4, -0.2) is 31.3 Å². The Balaban J connectivity index is 2.15. The summed E-state index contributed by atoms with van der Waals surface area (Å²) in [5, 5.41) is 0.452. The van der Waals surface area contributed by atoms with Crippen molar-refractivity contribution in [3.8, 4) is 28.6 Å². The van der Waals surface area contributed by atoms with Crippen LogP contribution in [0.5, 0.6) is 17.2 Å². The van der Waals surface area contributed by atoms with Gasteiger partial charge in [-0.3, -0.25) is 0 Å². The summed E-state index contributed by atoms with van der Waals surface area (Å²) < 4.78 is 15.8. The van der Waals surface area contributed by atoms with E-state index in [0.29, 0.717) is 22.3 Å². The number of benzene rings is 2. The van der Waals surface area contributed by atoms with Crippen LogP contribution in [0.4, 0.5) is 0 Å². The topological polar surface area (TPSA) is 56.4 Å². The van der Waals surface area contributed by atoms with E-state index in [1.54, 1.807) is 27.4 Å². The highest BCUT2D eigenvalue weighted by Crippen LogP contribution is 2.41. The minimum absolute atomic E-state index is 0.452. The second kappa shape index (κ2) is 5.77. The number of nitrogens with zero attached hydrogens (tertiary/aromatic N) is 1. The van der Waals surface area contributed by atoms with E-state index in [-0.39, 0.29) is 0 Å². The van der Waals surface area contributed by atoms with Gasteiger partial charge in [0.05, 0.1) is 37.4 Å². The van der Waals surface area contributed by atoms with E-state index in [2.05, 4.69) is 9.97 Å². The second-order valence-electron chi connectivity index (χ2n) is 4.63. The van der Waals surface area contributed by atoms with Gasteiger partial charge in [-0.05, 0) is 24.3 Å². The number of ether oxygens (including phenoxy) is 3. The zero-order valence-corrected chi connectivity index (χ0v) is 13.2. The smallest absolute Gasteiger partial charge is 0.180 e. The second-order valence-corrected chi connectivity index (χ2v) is 5.01. The maximum Gasteiger partial charge on any atom is 0.180 e. The summed E-state index contributed by atoms with van der Waals surface area (Å²) >= 11 is 6.42. The molecule has 114 valence electrons. The zero-order valence-electron chi connectivity index (χ0n) is 12.4. The maximum atomic E-state index is 6.42. The van der Waals surface area contributed by atoms with Gasteiger partial charge >= 0.3 is 0 Å². The highest BCUT2D eigenvalue weighted by molar-refractivity contribution is 6.35. The average molecular weight is 319 g/mol. The van der Waals surface area contributed by atoms with E-state index >= 15 is 0 Å². The molecule has 3 rings (SSSR count). The third-order valence-corrected chi connectivity index (χ3v) is 3.80. The molecule has 0 atom stereocenters. The van der Waals surface area contributed by atoms with Gasteiger partial charge in [-0.25, -0.2) is 4.98 Å². The van der Waals surface area contributed by atoms with E-state index in [1.807, 2.05) is 24.3 Å². The molecule has 0 aliphatic carbocycles. The molecule has 0 aliphatic heterocycles. The van der Waals surface area contributed by atoms with Gasteiger partial charge in [0, 0.05) is 11.6 Å². The molecule has 0 amide bonds. The first kappa shape index (κ1) is 14.5. The molecule has 3 aromatic rings. The lowest BCUT2D eigenvalue weighted by Gasteiger charge is -2.11. The van der Waals surface area contributed by atoms with Crippen LogP contribution in [0.25, 0.3) is 22.4 Å². The standard InChI is InChI=1S/C16H15ClN2O3/c1-20-9-4-6-11-12(8-9)19-16(18-11)10-5-7-13(21-2)15(22-3)14(10)17/h4-8H,1-3H3,(H,18,19).